The first-order chi connectivity index (χ1) is 17.8. The van der Waals surface area contributed by atoms with Crippen LogP contribution in [-0.4, -0.2) is 56.7 Å². The fourth-order valence-electron chi connectivity index (χ4n) is 5.35. The Bertz CT molecular complexity index is 1530. The molecule has 1 unspecified atom stereocenters. The molecule has 0 bridgehead atoms. The Kier molecular flexibility index (Phi) is 5.07. The number of imidazole rings is 1. The number of aromatic nitrogens is 4. The number of fused-ring (bicyclic) bond motifs is 2. The first-order valence-electron chi connectivity index (χ1n) is 11.9. The predicted octanol–water partition coefficient (Wildman–Crippen LogP) is 2.64. The molecule has 2 N–H and O–H groups in total. The van der Waals surface area contributed by atoms with Gasteiger partial charge in [-0.2, -0.15) is 27.2 Å². The summed E-state index contributed by atoms with van der Waals surface area (Å²) in [6.45, 7) is 1.66. The molecule has 1 aliphatic carbocycles. The molecule has 1 saturated heterocycles. The minimum absolute atomic E-state index is 0.0133. The molecule has 6 rings (SSSR count). The molecule has 5 heterocycles. The summed E-state index contributed by atoms with van der Waals surface area (Å²) in [4.78, 5) is 45.9. The van der Waals surface area contributed by atoms with Crippen molar-refractivity contribution in [1.29, 1.82) is 0 Å². The van der Waals surface area contributed by atoms with Crippen molar-refractivity contribution < 1.29 is 31.9 Å². The van der Waals surface area contributed by atoms with E-state index in [4.69, 9.17) is 0 Å². The minimum Gasteiger partial charge on any atom is -0.337 e. The van der Waals surface area contributed by atoms with E-state index in [0.717, 1.165) is 15.6 Å². The van der Waals surface area contributed by atoms with Crippen molar-refractivity contribution in [1.82, 2.24) is 30.2 Å². The van der Waals surface area contributed by atoms with E-state index in [1.807, 2.05) is 0 Å². The smallest absolute Gasteiger partial charge is 0.337 e. The number of hydrogen-bond acceptors (Lipinski definition) is 6. The molecule has 0 aromatic carbocycles. The molecule has 14 heteroatoms. The molecule has 1 saturated carbocycles. The standard InChI is InChI=1S/C24H21F4N7O3/c1-23(2)18-16(34(21(23)37)9-24(26,27)28)3-10(6-29-18)11-4-12(11)13-5-15(14-7-31-22(38)32-20(14)36)33-35-17(25)8-30-19(13)35/h3,5-6,8,11-12,14H,4,7,9H2,1-2H3,(H2,31,32,36,38)/t11-,12+,14?/m1/s1. The number of carbonyl (C=O) groups excluding carboxylic acids is 3. The van der Waals surface area contributed by atoms with Crippen molar-refractivity contribution in [3.8, 4) is 0 Å². The molecule has 3 atom stereocenters. The maximum atomic E-state index is 14.5. The van der Waals surface area contributed by atoms with Gasteiger partial charge < -0.3 is 10.2 Å². The summed E-state index contributed by atoms with van der Waals surface area (Å²) in [5.41, 5.74) is 0.948. The number of nitrogens with one attached hydrogen (secondary N) is 2. The van der Waals surface area contributed by atoms with E-state index in [1.165, 1.54) is 0 Å². The molecule has 198 valence electrons. The van der Waals surface area contributed by atoms with Gasteiger partial charge in [0, 0.05) is 18.3 Å². The topological polar surface area (TPSA) is 122 Å². The van der Waals surface area contributed by atoms with Gasteiger partial charge in [0.25, 0.3) is 0 Å². The lowest BCUT2D eigenvalue weighted by atomic mass is 9.90. The Balaban J connectivity index is 1.36. The van der Waals surface area contributed by atoms with Gasteiger partial charge in [-0.3, -0.25) is 19.9 Å². The number of anilines is 1. The number of alkyl halides is 3. The van der Waals surface area contributed by atoms with Crippen LogP contribution in [0.5, 0.6) is 0 Å². The van der Waals surface area contributed by atoms with E-state index in [2.05, 4.69) is 25.7 Å². The molecule has 3 aliphatic rings. The molecule has 10 nitrogen and oxygen atoms in total. The number of rotatable bonds is 4. The average molecular weight is 531 g/mol. The number of amides is 4. The van der Waals surface area contributed by atoms with E-state index < -0.39 is 47.8 Å². The van der Waals surface area contributed by atoms with Crippen molar-refractivity contribution in [2.24, 2.45) is 0 Å². The molecule has 2 aliphatic heterocycles. The minimum atomic E-state index is -4.58. The number of pyridine rings is 1. The number of carbonyl (C=O) groups is 3. The molecular formula is C24H21F4N7O3. The number of nitrogens with zero attached hydrogens (tertiary/aromatic N) is 5. The maximum absolute atomic E-state index is 14.5. The van der Waals surface area contributed by atoms with Crippen molar-refractivity contribution in [2.45, 2.75) is 49.6 Å². The van der Waals surface area contributed by atoms with Gasteiger partial charge in [-0.15, -0.1) is 0 Å². The van der Waals surface area contributed by atoms with Crippen LogP contribution in [0.1, 0.15) is 60.5 Å². The van der Waals surface area contributed by atoms with Crippen LogP contribution in [0.3, 0.4) is 0 Å². The Morgan fingerprint density at radius 3 is 2.58 bits per heavy atom. The summed E-state index contributed by atoms with van der Waals surface area (Å²) < 4.78 is 55.3. The number of urea groups is 1. The van der Waals surface area contributed by atoms with Gasteiger partial charge in [-0.1, -0.05) is 0 Å². The monoisotopic (exact) mass is 531 g/mol. The fourth-order valence-corrected chi connectivity index (χ4v) is 5.35. The summed E-state index contributed by atoms with van der Waals surface area (Å²) >= 11 is 0. The largest absolute Gasteiger partial charge is 0.406 e. The third-order valence-corrected chi connectivity index (χ3v) is 7.36. The van der Waals surface area contributed by atoms with E-state index in [-0.39, 0.29) is 41.1 Å². The maximum Gasteiger partial charge on any atom is 0.406 e. The van der Waals surface area contributed by atoms with Gasteiger partial charge in [0.15, 0.2) is 5.65 Å². The zero-order valence-corrected chi connectivity index (χ0v) is 20.1. The van der Waals surface area contributed by atoms with Crippen LogP contribution >= 0.6 is 0 Å². The SMILES string of the molecule is CC1(C)C(=O)N(CC(F)(F)F)c2cc([C@H]3C[C@@H]3c3cc(C4CNC(=O)NC4=O)nn4c(F)cnc34)cnc21. The highest BCUT2D eigenvalue weighted by Gasteiger charge is 2.50. The van der Waals surface area contributed by atoms with Crippen molar-refractivity contribution in [3.63, 3.8) is 0 Å². The summed E-state index contributed by atoms with van der Waals surface area (Å²) in [5, 5.41) is 8.91. The van der Waals surface area contributed by atoms with Crippen molar-refractivity contribution in [2.75, 3.05) is 18.0 Å². The molecule has 4 amide bonds. The van der Waals surface area contributed by atoms with Gasteiger partial charge in [0.05, 0.1) is 34.6 Å². The van der Waals surface area contributed by atoms with Crippen LogP contribution in [-0.2, 0) is 15.0 Å². The zero-order chi connectivity index (χ0) is 27.1. The fraction of sp³-hybridized carbons (Fsp3) is 0.417. The number of imide groups is 1. The Hall–Kier alpha value is -4.10. The third-order valence-electron chi connectivity index (χ3n) is 7.36. The average Bonchev–Trinajstić information content (AvgIpc) is 3.52. The first kappa shape index (κ1) is 24.2. The molecule has 0 radical (unpaired) electrons. The third kappa shape index (κ3) is 3.77. The zero-order valence-electron chi connectivity index (χ0n) is 20.1. The highest BCUT2D eigenvalue weighted by Crippen LogP contribution is 2.56. The van der Waals surface area contributed by atoms with E-state index >= 15 is 0 Å². The van der Waals surface area contributed by atoms with Gasteiger partial charge in [-0.25, -0.2) is 9.78 Å². The van der Waals surface area contributed by atoms with Gasteiger partial charge >= 0.3 is 12.2 Å². The molecular weight excluding hydrogens is 510 g/mol. The lowest BCUT2D eigenvalue weighted by molar-refractivity contribution is -0.134. The second-order valence-corrected chi connectivity index (χ2v) is 10.3. The lowest BCUT2D eigenvalue weighted by Crippen LogP contribution is -2.51. The molecule has 3 aromatic rings. The van der Waals surface area contributed by atoms with Crippen LogP contribution in [0, 0.1) is 5.95 Å². The van der Waals surface area contributed by atoms with Gasteiger partial charge in [-0.05, 0) is 49.8 Å². The molecule has 2 fully saturated rings. The second kappa shape index (κ2) is 7.95. The van der Waals surface area contributed by atoms with Gasteiger partial charge in [0.1, 0.15) is 6.54 Å². The Morgan fingerprint density at radius 2 is 1.87 bits per heavy atom. The van der Waals surface area contributed by atoms with E-state index in [1.54, 1.807) is 32.2 Å². The summed E-state index contributed by atoms with van der Waals surface area (Å²) in [5.74, 6) is -3.21. The lowest BCUT2D eigenvalue weighted by Gasteiger charge is -2.22. The molecule has 3 aromatic heterocycles. The van der Waals surface area contributed by atoms with Crippen molar-refractivity contribution in [3.05, 3.63) is 53.0 Å². The first-order valence-corrected chi connectivity index (χ1v) is 11.9. The summed E-state index contributed by atoms with van der Waals surface area (Å²) in [6.07, 6.45) is -1.45. The Labute approximate surface area is 212 Å². The van der Waals surface area contributed by atoms with Crippen LogP contribution < -0.4 is 15.5 Å². The predicted molar refractivity (Wildman–Crippen MR) is 123 cm³/mol. The molecule has 0 spiro atoms. The highest BCUT2D eigenvalue weighted by molar-refractivity contribution is 6.07. The van der Waals surface area contributed by atoms with Crippen LogP contribution in [0.2, 0.25) is 0 Å². The summed E-state index contributed by atoms with van der Waals surface area (Å²) in [7, 11) is 0. The quantitative estimate of drug-likeness (QED) is 0.500. The Morgan fingerprint density at radius 1 is 1.11 bits per heavy atom. The normalized spacial score (nSPS) is 24.4. The number of halogens is 4. The van der Waals surface area contributed by atoms with Crippen LogP contribution in [0.25, 0.3) is 5.65 Å². The van der Waals surface area contributed by atoms with Crippen LogP contribution in [0.15, 0.2) is 24.5 Å². The van der Waals surface area contributed by atoms with Crippen molar-refractivity contribution >= 4 is 29.2 Å². The number of hydrogen-bond donors (Lipinski definition) is 2. The highest BCUT2D eigenvalue weighted by atomic mass is 19.4. The van der Waals surface area contributed by atoms with E-state index in [0.29, 0.717) is 17.5 Å². The molecule has 38 heavy (non-hydrogen) atoms. The second-order valence-electron chi connectivity index (χ2n) is 10.3. The van der Waals surface area contributed by atoms with Crippen LogP contribution in [0.4, 0.5) is 28.0 Å². The summed E-state index contributed by atoms with van der Waals surface area (Å²) in [6, 6.07) is 2.59. The van der Waals surface area contributed by atoms with Gasteiger partial charge in [0.2, 0.25) is 17.8 Å². The van der Waals surface area contributed by atoms with E-state index in [9.17, 15) is 31.9 Å².